The van der Waals surface area contributed by atoms with Crippen molar-refractivity contribution in [1.82, 2.24) is 15.2 Å². The number of fused-ring (bicyclic) bond motifs is 6. The number of nitrogen functional groups attached to an aromatic ring is 1. The second-order valence-electron chi connectivity index (χ2n) is 16.9. The number of rotatable bonds is 9. The number of nitrogens with two attached hydrogens (primary N) is 1. The molecule has 59 heavy (non-hydrogen) atoms. The maximum absolute atomic E-state index is 14.4. The van der Waals surface area contributed by atoms with E-state index < -0.39 is 28.7 Å². The highest BCUT2D eigenvalue weighted by Crippen LogP contribution is 2.59. The summed E-state index contributed by atoms with van der Waals surface area (Å²) < 4.78 is 19.7. The first kappa shape index (κ1) is 41.6. The summed E-state index contributed by atoms with van der Waals surface area (Å²) in [7, 11) is 5.32. The highest BCUT2D eigenvalue weighted by Gasteiger charge is 2.64. The molecule has 2 aromatic heterocycles. The number of nitrogens with one attached hydrogen (secondary N) is 1. The minimum atomic E-state index is -1.26. The third-order valence-electron chi connectivity index (χ3n) is 13.6. The molecular formula is C44H52N4O9S2. The molecule has 9 atom stereocenters. The summed E-state index contributed by atoms with van der Waals surface area (Å²) in [6.07, 6.45) is 8.54. The molecule has 1 aromatic carbocycles. The van der Waals surface area contributed by atoms with Gasteiger partial charge in [0.1, 0.15) is 23.4 Å². The molecule has 15 heteroatoms. The standard InChI is InChI=1S/C44H52N4O9S2/c1-5-23(2)41(53)57-43(3)8-6-25-22-58-59-35-13-30(21-51)39(46-4)32-19-48(40(32)35)37(52)14-29-18-47-36(45)15-31(29)38(25)44(43)17-28-12-26-11-27(10-24(20-50)7-9-49)42(54)55-33(26)16-34(28)56-44/h5-6,11-12,15-16,18,21,24,30,32,35,38-40,46,49-50H,7-10,13-14,17,19-20,22H2,1-4H3,(H2,45,47)/b23-5+/t24-,30-,32-,35-,38-,39-,40-,43-,44-/m1/s1. The van der Waals surface area contributed by atoms with Crippen molar-refractivity contribution in [3.05, 3.63) is 86.4 Å². The van der Waals surface area contributed by atoms with E-state index in [2.05, 4.69) is 16.4 Å². The number of esters is 1. The number of carbonyl (C=O) groups excluding carboxylic acids is 3. The van der Waals surface area contributed by atoms with Crippen LogP contribution in [0, 0.1) is 17.8 Å². The Morgan fingerprint density at radius 3 is 2.76 bits per heavy atom. The summed E-state index contributed by atoms with van der Waals surface area (Å²) in [5.74, 6) is -0.0254. The number of pyridine rings is 1. The fourth-order valence-corrected chi connectivity index (χ4v) is 13.4. The van der Waals surface area contributed by atoms with Crippen molar-refractivity contribution in [3.8, 4) is 5.75 Å². The topological polar surface area (TPSA) is 195 Å². The molecule has 5 heterocycles. The molecule has 2 aliphatic carbocycles. The third kappa shape index (κ3) is 7.19. The van der Waals surface area contributed by atoms with E-state index in [0.29, 0.717) is 71.4 Å². The lowest BCUT2D eigenvalue weighted by Crippen LogP contribution is -2.72. The Labute approximate surface area is 350 Å². The van der Waals surface area contributed by atoms with Crippen molar-refractivity contribution in [2.24, 2.45) is 17.8 Å². The molecule has 1 spiro atoms. The van der Waals surface area contributed by atoms with Crippen LogP contribution in [-0.4, -0.2) is 99.4 Å². The lowest BCUT2D eigenvalue weighted by atomic mass is 9.61. The maximum Gasteiger partial charge on any atom is 0.339 e. The van der Waals surface area contributed by atoms with Gasteiger partial charge in [0.2, 0.25) is 5.91 Å². The Balaban J connectivity index is 1.26. The number of ether oxygens (including phenoxy) is 2. The van der Waals surface area contributed by atoms with Crippen LogP contribution in [0.1, 0.15) is 68.2 Å². The predicted octanol–water partition coefficient (Wildman–Crippen LogP) is 4.30. The van der Waals surface area contributed by atoms with Crippen molar-refractivity contribution < 1.29 is 38.5 Å². The van der Waals surface area contributed by atoms with E-state index in [1.807, 2.05) is 31.0 Å². The van der Waals surface area contributed by atoms with Crippen molar-refractivity contribution in [2.75, 3.05) is 38.3 Å². The van der Waals surface area contributed by atoms with Gasteiger partial charge in [0.15, 0.2) is 11.2 Å². The molecule has 1 saturated heterocycles. The van der Waals surface area contributed by atoms with Gasteiger partial charge in [-0.1, -0.05) is 39.3 Å². The zero-order chi connectivity index (χ0) is 41.8. The van der Waals surface area contributed by atoms with E-state index in [-0.39, 0.29) is 72.9 Å². The molecule has 0 radical (unpaired) electrons. The number of carbonyl (C=O) groups is 3. The molecule has 2 fully saturated rings. The van der Waals surface area contributed by atoms with Gasteiger partial charge in [0, 0.05) is 90.3 Å². The number of anilines is 1. The quantitative estimate of drug-likeness (QED) is 0.0595. The van der Waals surface area contributed by atoms with Gasteiger partial charge < -0.3 is 44.8 Å². The monoisotopic (exact) mass is 844 g/mol. The Bertz CT molecular complexity index is 2300. The minimum absolute atomic E-state index is 0.00283. The summed E-state index contributed by atoms with van der Waals surface area (Å²) in [5, 5.41) is 23.5. The average Bonchev–Trinajstić information content (AvgIpc) is 3.57. The first-order chi connectivity index (χ1) is 28.4. The molecular weight excluding hydrogens is 793 g/mol. The zero-order valence-corrected chi connectivity index (χ0v) is 35.4. The first-order valence-electron chi connectivity index (χ1n) is 20.4. The molecule has 5 aliphatic rings. The number of allylic oxidation sites excluding steroid dienone is 1. The van der Waals surface area contributed by atoms with E-state index in [4.69, 9.17) is 19.6 Å². The van der Waals surface area contributed by atoms with Gasteiger partial charge in [-0.05, 0) is 87.9 Å². The number of hydrogen-bond acceptors (Lipinski definition) is 14. The van der Waals surface area contributed by atoms with Crippen LogP contribution in [0.25, 0.3) is 11.0 Å². The molecule has 13 nitrogen and oxygen atoms in total. The summed E-state index contributed by atoms with van der Waals surface area (Å²) in [6.45, 7) is 5.66. The van der Waals surface area contributed by atoms with E-state index in [1.165, 1.54) is 0 Å². The van der Waals surface area contributed by atoms with Crippen LogP contribution in [0.5, 0.6) is 5.75 Å². The number of amides is 1. The summed E-state index contributed by atoms with van der Waals surface area (Å²) in [6, 6.07) is 7.25. The number of hydrogen-bond donors (Lipinski definition) is 4. The molecule has 3 aromatic rings. The number of aliphatic hydroxyl groups is 2. The van der Waals surface area contributed by atoms with Crippen LogP contribution in [0.4, 0.5) is 5.82 Å². The van der Waals surface area contributed by atoms with Crippen LogP contribution in [0.15, 0.2) is 63.0 Å². The largest absolute Gasteiger partial charge is 0.481 e. The lowest BCUT2D eigenvalue weighted by Gasteiger charge is -2.58. The molecule has 3 aliphatic heterocycles. The molecule has 5 N–H and O–H groups in total. The van der Waals surface area contributed by atoms with Crippen molar-refractivity contribution in [1.29, 1.82) is 0 Å². The van der Waals surface area contributed by atoms with Gasteiger partial charge in [0.05, 0.1) is 18.4 Å². The maximum atomic E-state index is 14.4. The first-order valence-corrected chi connectivity index (χ1v) is 22.8. The molecule has 1 amide bonds. The van der Waals surface area contributed by atoms with Crippen LogP contribution in [0.2, 0.25) is 0 Å². The zero-order valence-electron chi connectivity index (χ0n) is 33.8. The summed E-state index contributed by atoms with van der Waals surface area (Å²) in [5.41, 5.74) is 7.94. The smallest absolute Gasteiger partial charge is 0.339 e. The van der Waals surface area contributed by atoms with Crippen molar-refractivity contribution in [3.63, 3.8) is 0 Å². The van der Waals surface area contributed by atoms with E-state index in [9.17, 15) is 29.4 Å². The second-order valence-corrected chi connectivity index (χ2v) is 19.5. The third-order valence-corrected chi connectivity index (χ3v) is 16.4. The summed E-state index contributed by atoms with van der Waals surface area (Å²) >= 11 is 0. The van der Waals surface area contributed by atoms with Gasteiger partial charge in [-0.15, -0.1) is 0 Å². The van der Waals surface area contributed by atoms with Crippen LogP contribution in [-0.2, 0) is 38.4 Å². The number of benzene rings is 1. The SMILES string of the molecule is C/C=C(\C)C(=O)O[C@]1(C)CC=C2CSS[C@@H]3C[C@H](C=O)[C@@H](NC)[C@H]4CN(C(=O)Cc5cnc(N)cc5[C@@H]2[C@]12Cc1cc5cc(C[C@H](CO)CCO)c(=O)oc5cc1O2)[C@H]43. The second kappa shape index (κ2) is 16.4. The highest BCUT2D eigenvalue weighted by molar-refractivity contribution is 8.77. The van der Waals surface area contributed by atoms with Gasteiger partial charge in [-0.2, -0.15) is 0 Å². The van der Waals surface area contributed by atoms with Crippen molar-refractivity contribution >= 4 is 56.5 Å². The Kier molecular flexibility index (Phi) is 11.5. The number of aldehydes is 1. The summed E-state index contributed by atoms with van der Waals surface area (Å²) in [4.78, 5) is 60.3. The Morgan fingerprint density at radius 2 is 2.03 bits per heavy atom. The van der Waals surface area contributed by atoms with E-state index in [1.54, 1.807) is 59.8 Å². The highest BCUT2D eigenvalue weighted by atomic mass is 33.1. The molecule has 1 saturated carbocycles. The van der Waals surface area contributed by atoms with E-state index >= 15 is 0 Å². The molecule has 314 valence electrons. The number of aliphatic hydroxyl groups excluding tert-OH is 2. The van der Waals surface area contributed by atoms with Crippen LogP contribution >= 0.6 is 21.6 Å². The average molecular weight is 845 g/mol. The predicted molar refractivity (Wildman–Crippen MR) is 227 cm³/mol. The van der Waals surface area contributed by atoms with Crippen LogP contribution < -0.4 is 21.4 Å². The molecule has 8 rings (SSSR count). The Morgan fingerprint density at radius 1 is 1.22 bits per heavy atom. The minimum Gasteiger partial charge on any atom is -0.481 e. The molecule has 0 unspecified atom stereocenters. The van der Waals surface area contributed by atoms with Gasteiger partial charge in [-0.25, -0.2) is 14.6 Å². The molecule has 0 bridgehead atoms. The lowest BCUT2D eigenvalue weighted by molar-refractivity contribution is -0.183. The fraction of sp³-hybridized carbons (Fsp3) is 0.523. The van der Waals surface area contributed by atoms with Gasteiger partial charge in [-0.3, -0.25) is 4.79 Å². The fourth-order valence-electron chi connectivity index (χ4n) is 10.2. The van der Waals surface area contributed by atoms with E-state index in [0.717, 1.165) is 23.0 Å². The Hall–Kier alpha value is -4.15. The number of aromatic nitrogens is 1. The van der Waals surface area contributed by atoms with Crippen molar-refractivity contribution in [2.45, 2.75) is 93.7 Å². The normalized spacial score (nSPS) is 30.7. The van der Waals surface area contributed by atoms with Gasteiger partial charge in [0.25, 0.3) is 0 Å². The van der Waals surface area contributed by atoms with Gasteiger partial charge >= 0.3 is 11.6 Å². The van der Waals surface area contributed by atoms with Crippen LogP contribution in [0.3, 0.4) is 0 Å². The number of nitrogens with zero attached hydrogens (tertiary/aromatic N) is 2.